The lowest BCUT2D eigenvalue weighted by Gasteiger charge is -2.37. The number of anilines is 1. The average Bonchev–Trinajstić information content (AvgIpc) is 2.51. The summed E-state index contributed by atoms with van der Waals surface area (Å²) in [5, 5.41) is 3.00. The summed E-state index contributed by atoms with van der Waals surface area (Å²) in [7, 11) is 0. The molecule has 0 aromatic heterocycles. The van der Waals surface area contributed by atoms with E-state index in [1.54, 1.807) is 0 Å². The van der Waals surface area contributed by atoms with Crippen molar-refractivity contribution in [2.45, 2.75) is 52.2 Å². The number of rotatable bonds is 5. The first-order valence-electron chi connectivity index (χ1n) is 7.93. The Bertz CT molecular complexity index is 476. The molecule has 1 N–H and O–H groups in total. The van der Waals surface area contributed by atoms with E-state index in [1.165, 1.54) is 5.56 Å². The van der Waals surface area contributed by atoms with E-state index in [4.69, 9.17) is 4.74 Å². The summed E-state index contributed by atoms with van der Waals surface area (Å²) in [6.07, 6.45) is 3.09. The second-order valence-corrected chi connectivity index (χ2v) is 5.55. The van der Waals surface area contributed by atoms with Crippen LogP contribution in [-0.4, -0.2) is 31.3 Å². The van der Waals surface area contributed by atoms with Crippen molar-refractivity contribution in [3.8, 4) is 0 Å². The van der Waals surface area contributed by atoms with Gasteiger partial charge in [0.1, 0.15) is 0 Å². The van der Waals surface area contributed by atoms with Crippen LogP contribution in [0.1, 0.15) is 39.2 Å². The molecule has 0 fully saturated rings. The van der Waals surface area contributed by atoms with Crippen molar-refractivity contribution in [2.75, 3.05) is 18.1 Å². The number of ether oxygens (including phenoxy) is 1. The first-order chi connectivity index (χ1) is 10.2. The van der Waals surface area contributed by atoms with Gasteiger partial charge in [0.25, 0.3) is 0 Å². The number of amides is 2. The molecule has 1 aromatic rings. The summed E-state index contributed by atoms with van der Waals surface area (Å²) >= 11 is 0. The number of hydrogen-bond donors (Lipinski definition) is 1. The molecular weight excluding hydrogens is 264 g/mol. The Morgan fingerprint density at radius 1 is 1.43 bits per heavy atom. The number of nitrogens with one attached hydrogen (secondary N) is 1. The van der Waals surface area contributed by atoms with Gasteiger partial charge in [0.2, 0.25) is 0 Å². The molecule has 116 valence electrons. The van der Waals surface area contributed by atoms with E-state index >= 15 is 0 Å². The Kier molecular flexibility index (Phi) is 5.62. The van der Waals surface area contributed by atoms with Crippen LogP contribution in [0.15, 0.2) is 24.3 Å². The van der Waals surface area contributed by atoms with Crippen LogP contribution in [0.2, 0.25) is 0 Å². The zero-order chi connectivity index (χ0) is 15.2. The smallest absolute Gasteiger partial charge is 0.322 e. The van der Waals surface area contributed by atoms with Crippen LogP contribution in [0.4, 0.5) is 10.5 Å². The van der Waals surface area contributed by atoms with Crippen molar-refractivity contribution in [1.82, 2.24) is 5.32 Å². The van der Waals surface area contributed by atoms with E-state index in [0.717, 1.165) is 24.9 Å². The number of fused-ring (bicyclic) bond motifs is 1. The Morgan fingerprint density at radius 2 is 2.19 bits per heavy atom. The number of para-hydroxylation sites is 1. The Morgan fingerprint density at radius 3 is 2.90 bits per heavy atom. The molecule has 4 nitrogen and oxygen atoms in total. The van der Waals surface area contributed by atoms with Gasteiger partial charge in [-0.1, -0.05) is 25.1 Å². The van der Waals surface area contributed by atoms with Crippen LogP contribution in [0, 0.1) is 0 Å². The third-order valence-electron chi connectivity index (χ3n) is 4.05. The number of carbonyl (C=O) groups excluding carboxylic acids is 1. The molecule has 1 aromatic carbocycles. The molecule has 0 bridgehead atoms. The Labute approximate surface area is 127 Å². The van der Waals surface area contributed by atoms with Gasteiger partial charge in [-0.3, -0.25) is 4.90 Å². The second kappa shape index (κ2) is 7.46. The minimum atomic E-state index is -0.0134. The summed E-state index contributed by atoms with van der Waals surface area (Å²) in [4.78, 5) is 14.5. The maximum absolute atomic E-state index is 12.6. The van der Waals surface area contributed by atoms with Gasteiger partial charge in [-0.2, -0.15) is 0 Å². The zero-order valence-corrected chi connectivity index (χ0v) is 13.3. The second-order valence-electron chi connectivity index (χ2n) is 5.55. The van der Waals surface area contributed by atoms with Crippen LogP contribution >= 0.6 is 0 Å². The summed E-state index contributed by atoms with van der Waals surface area (Å²) in [5.41, 5.74) is 2.31. The topological polar surface area (TPSA) is 41.6 Å². The highest BCUT2D eigenvalue weighted by Crippen LogP contribution is 2.31. The highest BCUT2D eigenvalue weighted by atomic mass is 16.5. The molecule has 1 heterocycles. The first-order valence-corrected chi connectivity index (χ1v) is 7.93. The van der Waals surface area contributed by atoms with E-state index in [9.17, 15) is 4.79 Å². The minimum Gasteiger partial charge on any atom is -0.377 e. The lowest BCUT2D eigenvalue weighted by atomic mass is 9.94. The van der Waals surface area contributed by atoms with Crippen LogP contribution in [0.5, 0.6) is 0 Å². The van der Waals surface area contributed by atoms with Crippen molar-refractivity contribution in [3.05, 3.63) is 29.8 Å². The first kappa shape index (κ1) is 15.8. The van der Waals surface area contributed by atoms with Crippen LogP contribution in [0.25, 0.3) is 0 Å². The molecule has 2 unspecified atom stereocenters. The van der Waals surface area contributed by atoms with E-state index < -0.39 is 0 Å². The Hall–Kier alpha value is -1.55. The molecule has 1 aliphatic heterocycles. The van der Waals surface area contributed by atoms with Gasteiger partial charge < -0.3 is 10.1 Å². The van der Waals surface area contributed by atoms with Crippen molar-refractivity contribution in [2.24, 2.45) is 0 Å². The quantitative estimate of drug-likeness (QED) is 0.903. The van der Waals surface area contributed by atoms with Crippen LogP contribution in [0.3, 0.4) is 0 Å². The van der Waals surface area contributed by atoms with Crippen LogP contribution in [-0.2, 0) is 11.2 Å². The zero-order valence-electron chi connectivity index (χ0n) is 13.3. The molecule has 2 amide bonds. The molecular formula is C17H26N2O2. The molecule has 0 saturated carbocycles. The molecule has 0 aliphatic carbocycles. The third-order valence-corrected chi connectivity index (χ3v) is 4.05. The SMILES string of the molecule is CCOC(C)CNC(=O)N1c2ccccc2CCC1CC. The molecule has 0 spiro atoms. The summed E-state index contributed by atoms with van der Waals surface area (Å²) in [5.74, 6) is 0. The highest BCUT2D eigenvalue weighted by Gasteiger charge is 2.29. The number of nitrogens with zero attached hydrogens (tertiary/aromatic N) is 1. The largest absolute Gasteiger partial charge is 0.377 e. The molecule has 2 rings (SSSR count). The van der Waals surface area contributed by atoms with Gasteiger partial charge in [-0.25, -0.2) is 4.79 Å². The molecule has 1 aliphatic rings. The van der Waals surface area contributed by atoms with Crippen molar-refractivity contribution >= 4 is 11.7 Å². The van der Waals surface area contributed by atoms with E-state index in [0.29, 0.717) is 13.2 Å². The normalized spacial score (nSPS) is 19.0. The number of hydrogen-bond acceptors (Lipinski definition) is 2. The molecule has 4 heteroatoms. The third kappa shape index (κ3) is 3.76. The summed E-state index contributed by atoms with van der Waals surface area (Å²) < 4.78 is 5.47. The monoisotopic (exact) mass is 290 g/mol. The predicted molar refractivity (Wildman–Crippen MR) is 85.8 cm³/mol. The number of carbonyl (C=O) groups is 1. The lowest BCUT2D eigenvalue weighted by Crippen LogP contribution is -2.50. The lowest BCUT2D eigenvalue weighted by molar-refractivity contribution is 0.0777. The molecule has 0 saturated heterocycles. The standard InChI is InChI=1S/C17H26N2O2/c1-4-15-11-10-14-8-6-7-9-16(14)19(15)17(20)18-12-13(3)21-5-2/h6-9,13,15H,4-5,10-12H2,1-3H3,(H,18,20). The summed E-state index contributed by atoms with van der Waals surface area (Å²) in [6, 6.07) is 8.47. The van der Waals surface area contributed by atoms with Crippen molar-refractivity contribution in [1.29, 1.82) is 0 Å². The maximum atomic E-state index is 12.6. The van der Waals surface area contributed by atoms with Gasteiger partial charge in [-0.15, -0.1) is 0 Å². The van der Waals surface area contributed by atoms with Gasteiger partial charge in [-0.05, 0) is 44.7 Å². The number of aryl methyl sites for hydroxylation is 1. The highest BCUT2D eigenvalue weighted by molar-refractivity contribution is 5.94. The fourth-order valence-corrected chi connectivity index (χ4v) is 2.93. The molecule has 21 heavy (non-hydrogen) atoms. The molecule has 0 radical (unpaired) electrons. The minimum absolute atomic E-state index is 0.0134. The maximum Gasteiger partial charge on any atom is 0.322 e. The Balaban J connectivity index is 2.10. The van der Waals surface area contributed by atoms with E-state index in [-0.39, 0.29) is 18.2 Å². The summed E-state index contributed by atoms with van der Waals surface area (Å²) in [6.45, 7) is 7.29. The van der Waals surface area contributed by atoms with Gasteiger partial charge in [0.05, 0.1) is 6.10 Å². The van der Waals surface area contributed by atoms with E-state index in [1.807, 2.05) is 36.9 Å². The van der Waals surface area contributed by atoms with Gasteiger partial charge >= 0.3 is 6.03 Å². The van der Waals surface area contributed by atoms with Gasteiger partial charge in [0, 0.05) is 24.9 Å². The predicted octanol–water partition coefficient (Wildman–Crippen LogP) is 3.35. The number of benzene rings is 1. The molecule has 2 atom stereocenters. The van der Waals surface area contributed by atoms with Crippen LogP contribution < -0.4 is 10.2 Å². The van der Waals surface area contributed by atoms with Crippen molar-refractivity contribution < 1.29 is 9.53 Å². The van der Waals surface area contributed by atoms with Crippen molar-refractivity contribution in [3.63, 3.8) is 0 Å². The van der Waals surface area contributed by atoms with Gasteiger partial charge in [0.15, 0.2) is 0 Å². The average molecular weight is 290 g/mol. The fraction of sp³-hybridized carbons (Fsp3) is 0.588. The fourth-order valence-electron chi connectivity index (χ4n) is 2.93. The van der Waals surface area contributed by atoms with E-state index in [2.05, 4.69) is 18.3 Å². The number of urea groups is 1.